The van der Waals surface area contributed by atoms with Crippen LogP contribution in [0.2, 0.25) is 0 Å². The average molecular weight is 655 g/mol. The standard InChI is InChI=1S/C44H62O4/c1-7-31(20-15-26-41(3,4)47-39(45)32-16-11-9-12-17-32)36-23-24-37-35-22-21-34-30-44(8-2,48-40(46)33-18-13-10-14-19-33)29-28-42(34,5)38(35)25-27-43(36,37)6/h9-14,16-19,31,34-38H,7-8,15,20-30H2,1-6H3/t31-,34-,35-,36+,37-,38-,42-,43+,44-/m0/s1. The topological polar surface area (TPSA) is 52.6 Å². The van der Waals surface area contributed by atoms with Crippen LogP contribution in [-0.4, -0.2) is 23.1 Å². The lowest BCUT2D eigenvalue weighted by atomic mass is 9.43. The van der Waals surface area contributed by atoms with Crippen LogP contribution in [-0.2, 0) is 9.47 Å². The van der Waals surface area contributed by atoms with Crippen LogP contribution >= 0.6 is 0 Å². The summed E-state index contributed by atoms with van der Waals surface area (Å²) in [5, 5.41) is 0. The quantitative estimate of drug-likeness (QED) is 0.226. The van der Waals surface area contributed by atoms with Gasteiger partial charge in [0.2, 0.25) is 0 Å². The lowest BCUT2D eigenvalue weighted by molar-refractivity contribution is -0.155. The van der Waals surface area contributed by atoms with E-state index in [4.69, 9.17) is 9.47 Å². The second kappa shape index (κ2) is 13.9. The SMILES string of the molecule is CC[C@@H](CCCC(C)(C)OC(=O)c1ccccc1)[C@H]1CC[C@H]2[C@@H]3CC[C@H]4C[C@@](CC)(OC(=O)c5ccccc5)CC[C@]4(C)[C@H]3CC[C@]12C. The minimum absolute atomic E-state index is 0.151. The van der Waals surface area contributed by atoms with E-state index < -0.39 is 5.60 Å². The Hall–Kier alpha value is -2.62. The zero-order valence-electron chi connectivity index (χ0n) is 30.8. The average Bonchev–Trinajstić information content (AvgIpc) is 3.44. The molecule has 0 aliphatic heterocycles. The summed E-state index contributed by atoms with van der Waals surface area (Å²) in [5.41, 5.74) is 1.30. The van der Waals surface area contributed by atoms with Crippen molar-refractivity contribution in [1.29, 1.82) is 0 Å². The molecule has 2 aromatic rings. The molecule has 4 aliphatic carbocycles. The summed E-state index contributed by atoms with van der Waals surface area (Å²) in [6.45, 7) is 14.1. The van der Waals surface area contributed by atoms with Gasteiger partial charge in [0.25, 0.3) is 0 Å². The van der Waals surface area contributed by atoms with Crippen LogP contribution in [0.4, 0.5) is 0 Å². The molecular weight excluding hydrogens is 592 g/mol. The minimum Gasteiger partial charge on any atom is -0.456 e. The maximum atomic E-state index is 13.2. The molecule has 4 nitrogen and oxygen atoms in total. The van der Waals surface area contributed by atoms with Crippen LogP contribution < -0.4 is 0 Å². The number of esters is 2. The highest BCUT2D eigenvalue weighted by atomic mass is 16.6. The fraction of sp³-hybridized carbons (Fsp3) is 0.682. The van der Waals surface area contributed by atoms with E-state index in [0.29, 0.717) is 27.9 Å². The smallest absolute Gasteiger partial charge is 0.338 e. The fourth-order valence-electron chi connectivity index (χ4n) is 11.9. The Kier molecular flexibility index (Phi) is 10.2. The first-order valence-corrected chi connectivity index (χ1v) is 19.5. The lowest BCUT2D eigenvalue weighted by Crippen LogP contribution is -2.56. The van der Waals surface area contributed by atoms with Crippen molar-refractivity contribution in [3.8, 4) is 0 Å². The third kappa shape index (κ3) is 6.76. The van der Waals surface area contributed by atoms with Crippen LogP contribution in [0.3, 0.4) is 0 Å². The zero-order valence-corrected chi connectivity index (χ0v) is 30.8. The number of hydrogen-bond acceptors (Lipinski definition) is 4. The van der Waals surface area contributed by atoms with Crippen LogP contribution in [0, 0.1) is 46.3 Å². The number of rotatable bonds is 11. The third-order valence-electron chi connectivity index (χ3n) is 14.7. The maximum absolute atomic E-state index is 13.2. The lowest BCUT2D eigenvalue weighted by Gasteiger charge is -2.62. The monoisotopic (exact) mass is 654 g/mol. The predicted octanol–water partition coefficient (Wildman–Crippen LogP) is 11.5. The van der Waals surface area contributed by atoms with Crippen molar-refractivity contribution in [2.24, 2.45) is 46.3 Å². The van der Waals surface area contributed by atoms with Crippen LogP contribution in [0.5, 0.6) is 0 Å². The molecule has 0 aromatic heterocycles. The molecule has 9 atom stereocenters. The van der Waals surface area contributed by atoms with Gasteiger partial charge in [-0.25, -0.2) is 9.59 Å². The van der Waals surface area contributed by atoms with Gasteiger partial charge in [0.1, 0.15) is 11.2 Å². The summed E-state index contributed by atoms with van der Waals surface area (Å²) >= 11 is 0. The maximum Gasteiger partial charge on any atom is 0.338 e. The number of carbonyl (C=O) groups excluding carboxylic acids is 2. The summed E-state index contributed by atoms with van der Waals surface area (Å²) in [6, 6.07) is 18.9. The number of fused-ring (bicyclic) bond motifs is 5. The van der Waals surface area contributed by atoms with Gasteiger partial charge < -0.3 is 9.47 Å². The third-order valence-corrected chi connectivity index (χ3v) is 14.7. The van der Waals surface area contributed by atoms with E-state index in [9.17, 15) is 9.59 Å². The van der Waals surface area contributed by atoms with Crippen molar-refractivity contribution < 1.29 is 19.1 Å². The van der Waals surface area contributed by atoms with Crippen LogP contribution in [0.25, 0.3) is 0 Å². The predicted molar refractivity (Wildman–Crippen MR) is 194 cm³/mol. The van der Waals surface area contributed by atoms with Gasteiger partial charge in [-0.3, -0.25) is 0 Å². The minimum atomic E-state index is -0.464. The molecule has 0 radical (unpaired) electrons. The summed E-state index contributed by atoms with van der Waals surface area (Å²) < 4.78 is 12.4. The normalized spacial score (nSPS) is 35.1. The van der Waals surface area contributed by atoms with Crippen molar-refractivity contribution in [1.82, 2.24) is 0 Å². The van der Waals surface area contributed by atoms with Gasteiger partial charge in [-0.05, 0) is 162 Å². The summed E-state index contributed by atoms with van der Waals surface area (Å²) in [7, 11) is 0. The molecule has 6 rings (SSSR count). The first-order valence-electron chi connectivity index (χ1n) is 19.5. The molecular formula is C44H62O4. The molecule has 4 heteroatoms. The Balaban J connectivity index is 1.07. The Bertz CT molecular complexity index is 1400. The van der Waals surface area contributed by atoms with E-state index in [0.717, 1.165) is 61.7 Å². The molecule has 4 aliphatic rings. The molecule has 0 saturated heterocycles. The molecule has 4 saturated carbocycles. The number of ether oxygens (including phenoxy) is 2. The van der Waals surface area contributed by atoms with Gasteiger partial charge in [0.15, 0.2) is 0 Å². The first-order chi connectivity index (χ1) is 22.9. The second-order valence-electron chi connectivity index (χ2n) is 17.5. The molecule has 0 unspecified atom stereocenters. The molecule has 0 bridgehead atoms. The van der Waals surface area contributed by atoms with Gasteiger partial charge in [0, 0.05) is 0 Å². The Morgan fingerprint density at radius 3 is 2.08 bits per heavy atom. The first kappa shape index (κ1) is 35.2. The van der Waals surface area contributed by atoms with E-state index in [1.54, 1.807) is 0 Å². The molecule has 262 valence electrons. The zero-order chi connectivity index (χ0) is 34.2. The van der Waals surface area contributed by atoms with E-state index in [-0.39, 0.29) is 17.5 Å². The van der Waals surface area contributed by atoms with E-state index in [1.165, 1.54) is 57.8 Å². The highest BCUT2D eigenvalue weighted by Gasteiger charge is 2.62. The van der Waals surface area contributed by atoms with Crippen LogP contribution in [0.1, 0.15) is 152 Å². The summed E-state index contributed by atoms with van der Waals surface area (Å²) in [6.07, 6.45) is 16.7. The molecule has 0 spiro atoms. The Morgan fingerprint density at radius 2 is 1.44 bits per heavy atom. The molecule has 48 heavy (non-hydrogen) atoms. The van der Waals surface area contributed by atoms with Crippen molar-refractivity contribution in [3.63, 3.8) is 0 Å². The van der Waals surface area contributed by atoms with Gasteiger partial charge in [-0.15, -0.1) is 0 Å². The molecule has 2 aromatic carbocycles. The summed E-state index contributed by atoms with van der Waals surface area (Å²) in [5.74, 6) is 4.28. The molecule has 4 fully saturated rings. The van der Waals surface area contributed by atoms with Crippen molar-refractivity contribution in [3.05, 3.63) is 71.8 Å². The number of benzene rings is 2. The highest BCUT2D eigenvalue weighted by Crippen LogP contribution is 2.69. The number of carbonyl (C=O) groups is 2. The highest BCUT2D eigenvalue weighted by molar-refractivity contribution is 5.90. The second-order valence-corrected chi connectivity index (χ2v) is 17.5. The van der Waals surface area contributed by atoms with Gasteiger partial charge in [-0.2, -0.15) is 0 Å². The van der Waals surface area contributed by atoms with Crippen LogP contribution in [0.15, 0.2) is 60.7 Å². The van der Waals surface area contributed by atoms with Crippen molar-refractivity contribution in [2.45, 2.75) is 143 Å². The van der Waals surface area contributed by atoms with Gasteiger partial charge in [0.05, 0.1) is 11.1 Å². The van der Waals surface area contributed by atoms with E-state index in [1.807, 2.05) is 60.7 Å². The Labute approximate surface area is 291 Å². The molecule has 0 N–H and O–H groups in total. The van der Waals surface area contributed by atoms with Crippen molar-refractivity contribution >= 4 is 11.9 Å². The fourth-order valence-corrected chi connectivity index (χ4v) is 11.9. The molecule has 0 amide bonds. The van der Waals surface area contributed by atoms with Gasteiger partial charge >= 0.3 is 11.9 Å². The number of hydrogen-bond donors (Lipinski definition) is 0. The largest absolute Gasteiger partial charge is 0.456 e. The summed E-state index contributed by atoms with van der Waals surface area (Å²) in [4.78, 5) is 25.9. The Morgan fingerprint density at radius 1 is 0.792 bits per heavy atom. The molecule has 0 heterocycles. The van der Waals surface area contributed by atoms with E-state index in [2.05, 4.69) is 41.5 Å². The van der Waals surface area contributed by atoms with Crippen molar-refractivity contribution in [2.75, 3.05) is 0 Å². The van der Waals surface area contributed by atoms with Gasteiger partial charge in [-0.1, -0.05) is 76.9 Å². The van der Waals surface area contributed by atoms with E-state index >= 15 is 0 Å².